The number of alkyl halides is 3. The third kappa shape index (κ3) is 3.78. The SMILES string of the molecule is CC(C)CN(C)c1ccc2c(c1)O[C@@H](C(F)(F)F)C(C(=O)O)=C2. The number of nitrogens with zero attached hydrogens (tertiary/aromatic N) is 1. The van der Waals surface area contributed by atoms with E-state index in [1.807, 2.05) is 25.8 Å². The summed E-state index contributed by atoms with van der Waals surface area (Å²) in [6.07, 6.45) is -6.23. The lowest BCUT2D eigenvalue weighted by Crippen LogP contribution is -2.40. The molecule has 0 fully saturated rings. The molecule has 0 spiro atoms. The Morgan fingerprint density at radius 3 is 2.57 bits per heavy atom. The van der Waals surface area contributed by atoms with Crippen molar-refractivity contribution in [2.24, 2.45) is 5.92 Å². The minimum atomic E-state index is -4.79. The van der Waals surface area contributed by atoms with Gasteiger partial charge in [-0.3, -0.25) is 0 Å². The van der Waals surface area contributed by atoms with Gasteiger partial charge in [-0.1, -0.05) is 13.8 Å². The highest BCUT2D eigenvalue weighted by atomic mass is 19.4. The van der Waals surface area contributed by atoms with Crippen LogP contribution in [0.4, 0.5) is 18.9 Å². The van der Waals surface area contributed by atoms with Crippen LogP contribution in [-0.4, -0.2) is 36.9 Å². The van der Waals surface area contributed by atoms with Gasteiger partial charge in [-0.15, -0.1) is 0 Å². The highest BCUT2D eigenvalue weighted by Gasteiger charge is 2.48. The molecule has 1 aliphatic heterocycles. The van der Waals surface area contributed by atoms with Gasteiger partial charge in [0.05, 0.1) is 5.57 Å². The number of halogens is 3. The molecule has 0 bridgehead atoms. The zero-order valence-electron chi connectivity index (χ0n) is 13.0. The summed E-state index contributed by atoms with van der Waals surface area (Å²) in [6, 6.07) is 4.80. The third-order valence-corrected chi connectivity index (χ3v) is 3.46. The van der Waals surface area contributed by atoms with E-state index >= 15 is 0 Å². The summed E-state index contributed by atoms with van der Waals surface area (Å²) in [4.78, 5) is 13.0. The van der Waals surface area contributed by atoms with Gasteiger partial charge in [0.25, 0.3) is 0 Å². The second kappa shape index (κ2) is 6.14. The monoisotopic (exact) mass is 329 g/mol. The Kier molecular flexibility index (Phi) is 4.58. The van der Waals surface area contributed by atoms with Crippen LogP contribution in [0.3, 0.4) is 0 Å². The van der Waals surface area contributed by atoms with Gasteiger partial charge in [0, 0.05) is 30.9 Å². The highest BCUT2D eigenvalue weighted by Crippen LogP contribution is 2.38. The van der Waals surface area contributed by atoms with Crippen LogP contribution in [0.15, 0.2) is 23.8 Å². The maximum absolute atomic E-state index is 13.0. The Morgan fingerprint density at radius 1 is 1.39 bits per heavy atom. The van der Waals surface area contributed by atoms with Gasteiger partial charge in [0.1, 0.15) is 5.75 Å². The molecule has 1 heterocycles. The Labute approximate surface area is 132 Å². The second-order valence-corrected chi connectivity index (χ2v) is 5.94. The fourth-order valence-corrected chi connectivity index (χ4v) is 2.49. The van der Waals surface area contributed by atoms with Gasteiger partial charge < -0.3 is 14.7 Å². The lowest BCUT2D eigenvalue weighted by atomic mass is 10.0. The average molecular weight is 329 g/mol. The molecule has 0 unspecified atom stereocenters. The summed E-state index contributed by atoms with van der Waals surface area (Å²) in [6.45, 7) is 4.80. The number of carboxylic acid groups (broad SMARTS) is 1. The number of anilines is 1. The van der Waals surface area contributed by atoms with E-state index in [1.54, 1.807) is 12.1 Å². The van der Waals surface area contributed by atoms with Crippen LogP contribution >= 0.6 is 0 Å². The molecule has 1 aliphatic rings. The second-order valence-electron chi connectivity index (χ2n) is 5.94. The zero-order valence-corrected chi connectivity index (χ0v) is 13.0. The fourth-order valence-electron chi connectivity index (χ4n) is 2.49. The molecule has 1 aromatic carbocycles. The van der Waals surface area contributed by atoms with Crippen molar-refractivity contribution in [3.8, 4) is 5.75 Å². The number of benzene rings is 1. The van der Waals surface area contributed by atoms with Crippen molar-refractivity contribution in [2.75, 3.05) is 18.5 Å². The summed E-state index contributed by atoms with van der Waals surface area (Å²) in [5.74, 6) is -1.22. The average Bonchev–Trinajstić information content (AvgIpc) is 2.43. The largest absolute Gasteiger partial charge is 0.478 e. The van der Waals surface area contributed by atoms with Crippen molar-refractivity contribution in [1.82, 2.24) is 0 Å². The van der Waals surface area contributed by atoms with Crippen molar-refractivity contribution in [3.63, 3.8) is 0 Å². The number of carbonyl (C=O) groups is 1. The van der Waals surface area contributed by atoms with Crippen molar-refractivity contribution < 1.29 is 27.8 Å². The van der Waals surface area contributed by atoms with Crippen molar-refractivity contribution in [1.29, 1.82) is 0 Å². The molecule has 126 valence electrons. The summed E-state index contributed by atoms with van der Waals surface area (Å²) in [5, 5.41) is 8.98. The fraction of sp³-hybridized carbons (Fsp3) is 0.438. The smallest absolute Gasteiger partial charge is 0.430 e. The van der Waals surface area contributed by atoms with Gasteiger partial charge >= 0.3 is 12.1 Å². The first-order chi connectivity index (χ1) is 10.6. The zero-order chi connectivity index (χ0) is 17.4. The van der Waals surface area contributed by atoms with Crippen LogP contribution in [0.5, 0.6) is 5.75 Å². The third-order valence-electron chi connectivity index (χ3n) is 3.46. The Balaban J connectivity index is 2.40. The molecule has 1 N–H and O–H groups in total. The Bertz CT molecular complexity index is 638. The lowest BCUT2D eigenvalue weighted by molar-refractivity contribution is -0.187. The van der Waals surface area contributed by atoms with E-state index in [2.05, 4.69) is 0 Å². The van der Waals surface area contributed by atoms with E-state index < -0.39 is 23.8 Å². The summed E-state index contributed by atoms with van der Waals surface area (Å²) < 4.78 is 44.1. The molecule has 0 amide bonds. The van der Waals surface area contributed by atoms with Gasteiger partial charge in [0.2, 0.25) is 6.10 Å². The first-order valence-corrected chi connectivity index (χ1v) is 7.13. The molecule has 0 saturated carbocycles. The van der Waals surface area contributed by atoms with Crippen LogP contribution < -0.4 is 9.64 Å². The molecule has 0 aliphatic carbocycles. The number of fused-ring (bicyclic) bond motifs is 1. The number of hydrogen-bond donors (Lipinski definition) is 1. The molecule has 1 atom stereocenters. The number of ether oxygens (including phenoxy) is 1. The molecule has 7 heteroatoms. The first-order valence-electron chi connectivity index (χ1n) is 7.13. The molecule has 23 heavy (non-hydrogen) atoms. The highest BCUT2D eigenvalue weighted by molar-refractivity contribution is 5.95. The number of rotatable bonds is 4. The number of carboxylic acids is 1. The van der Waals surface area contributed by atoms with E-state index in [4.69, 9.17) is 9.84 Å². The van der Waals surface area contributed by atoms with Crippen LogP contribution in [0, 0.1) is 5.92 Å². The molecule has 0 saturated heterocycles. The minimum Gasteiger partial charge on any atom is -0.478 e. The lowest BCUT2D eigenvalue weighted by Gasteiger charge is -2.28. The molecule has 0 radical (unpaired) electrons. The van der Waals surface area contributed by atoms with Crippen LogP contribution in [-0.2, 0) is 4.79 Å². The van der Waals surface area contributed by atoms with E-state index in [1.165, 1.54) is 6.07 Å². The molecular weight excluding hydrogens is 311 g/mol. The van der Waals surface area contributed by atoms with Gasteiger partial charge in [-0.05, 0) is 24.1 Å². The van der Waals surface area contributed by atoms with E-state index in [0.29, 0.717) is 17.2 Å². The minimum absolute atomic E-state index is 0.0328. The number of aliphatic carboxylic acids is 1. The van der Waals surface area contributed by atoms with Gasteiger partial charge in [-0.2, -0.15) is 13.2 Å². The standard InChI is InChI=1S/C16H18F3NO3/c1-9(2)8-20(3)11-5-4-10-6-12(15(21)22)14(16(17,18)19)23-13(10)7-11/h4-7,9,14H,8H2,1-3H3,(H,21,22)/t14-/m1/s1. The molecule has 1 aromatic rings. The normalized spacial score (nSPS) is 17.3. The van der Waals surface area contributed by atoms with E-state index in [0.717, 1.165) is 12.6 Å². The van der Waals surface area contributed by atoms with E-state index in [9.17, 15) is 18.0 Å². The predicted molar refractivity (Wildman–Crippen MR) is 80.6 cm³/mol. The molecular formula is C16H18F3NO3. The summed E-state index contributed by atoms with van der Waals surface area (Å²) >= 11 is 0. The maximum Gasteiger partial charge on any atom is 0.430 e. The van der Waals surface area contributed by atoms with E-state index in [-0.39, 0.29) is 5.75 Å². The van der Waals surface area contributed by atoms with Crippen LogP contribution in [0.1, 0.15) is 19.4 Å². The van der Waals surface area contributed by atoms with Crippen molar-refractivity contribution in [3.05, 3.63) is 29.3 Å². The first kappa shape index (κ1) is 17.2. The van der Waals surface area contributed by atoms with Crippen molar-refractivity contribution in [2.45, 2.75) is 26.1 Å². The van der Waals surface area contributed by atoms with Crippen LogP contribution in [0.25, 0.3) is 6.08 Å². The maximum atomic E-state index is 13.0. The van der Waals surface area contributed by atoms with Gasteiger partial charge in [-0.25, -0.2) is 4.79 Å². The summed E-state index contributed by atoms with van der Waals surface area (Å²) in [5.41, 5.74) is 0.225. The molecule has 4 nitrogen and oxygen atoms in total. The van der Waals surface area contributed by atoms with Gasteiger partial charge in [0.15, 0.2) is 0 Å². The quantitative estimate of drug-likeness (QED) is 0.917. The summed E-state index contributed by atoms with van der Waals surface area (Å²) in [7, 11) is 1.84. The Hall–Kier alpha value is -2.18. The predicted octanol–water partition coefficient (Wildman–Crippen LogP) is 3.57. The van der Waals surface area contributed by atoms with Crippen molar-refractivity contribution >= 4 is 17.7 Å². The topological polar surface area (TPSA) is 49.8 Å². The number of hydrogen-bond acceptors (Lipinski definition) is 3. The molecule has 0 aromatic heterocycles. The van der Waals surface area contributed by atoms with Crippen LogP contribution in [0.2, 0.25) is 0 Å². The molecule has 2 rings (SSSR count). The Morgan fingerprint density at radius 2 is 2.04 bits per heavy atom.